The second kappa shape index (κ2) is 8.70. The molecular weight excluding hydrogens is 310 g/mol. The van der Waals surface area contributed by atoms with E-state index >= 15 is 0 Å². The van der Waals surface area contributed by atoms with E-state index in [9.17, 15) is 4.79 Å². The summed E-state index contributed by atoms with van der Waals surface area (Å²) < 4.78 is 0. The molecule has 0 saturated carbocycles. The van der Waals surface area contributed by atoms with Crippen LogP contribution in [0.15, 0.2) is 30.3 Å². The Morgan fingerprint density at radius 3 is 2.72 bits per heavy atom. The molecule has 2 atom stereocenters. The average Bonchev–Trinajstić information content (AvgIpc) is 3.09. The first-order valence-electron chi connectivity index (χ1n) is 9.88. The number of hydrogen-bond acceptors (Lipinski definition) is 3. The molecule has 0 aromatic heterocycles. The Bertz CT molecular complexity index is 547. The van der Waals surface area contributed by atoms with Crippen LogP contribution in [0.25, 0.3) is 0 Å². The van der Waals surface area contributed by atoms with E-state index in [0.717, 1.165) is 45.2 Å². The largest absolute Gasteiger partial charge is 0.371 e. The monoisotopic (exact) mass is 343 g/mol. The standard InChI is InChI=1S/C21H33N3O/c1-18-7-6-12-23(15-18)13-11-21(25)22(2)16-19-10-14-24(17-19)20-8-4-3-5-9-20/h3-5,8-9,18-19H,6-7,10-17H2,1-2H3/t18-,19-/m0/s1. The maximum absolute atomic E-state index is 12.5. The molecule has 1 amide bonds. The first-order valence-corrected chi connectivity index (χ1v) is 9.88. The van der Waals surface area contributed by atoms with Gasteiger partial charge in [0, 0.05) is 51.9 Å². The van der Waals surface area contributed by atoms with Crippen molar-refractivity contribution in [3.05, 3.63) is 30.3 Å². The lowest BCUT2D eigenvalue weighted by molar-refractivity contribution is -0.130. The zero-order chi connectivity index (χ0) is 17.6. The van der Waals surface area contributed by atoms with Gasteiger partial charge < -0.3 is 14.7 Å². The minimum absolute atomic E-state index is 0.302. The fourth-order valence-electron chi connectivity index (χ4n) is 4.28. The number of carbonyl (C=O) groups excluding carboxylic acids is 1. The molecule has 2 fully saturated rings. The van der Waals surface area contributed by atoms with Crippen molar-refractivity contribution >= 4 is 11.6 Å². The van der Waals surface area contributed by atoms with Crippen LogP contribution in [0, 0.1) is 11.8 Å². The molecule has 1 aromatic carbocycles. The van der Waals surface area contributed by atoms with Crippen LogP contribution in [0.3, 0.4) is 0 Å². The molecule has 25 heavy (non-hydrogen) atoms. The Morgan fingerprint density at radius 2 is 1.96 bits per heavy atom. The number of anilines is 1. The van der Waals surface area contributed by atoms with Crippen molar-refractivity contribution < 1.29 is 4.79 Å². The molecule has 2 heterocycles. The highest BCUT2D eigenvalue weighted by Gasteiger charge is 2.25. The van der Waals surface area contributed by atoms with E-state index in [-0.39, 0.29) is 0 Å². The summed E-state index contributed by atoms with van der Waals surface area (Å²) in [6.07, 6.45) is 4.46. The smallest absolute Gasteiger partial charge is 0.223 e. The van der Waals surface area contributed by atoms with Crippen molar-refractivity contribution in [2.45, 2.75) is 32.6 Å². The number of rotatable bonds is 6. The zero-order valence-electron chi connectivity index (χ0n) is 15.9. The van der Waals surface area contributed by atoms with Gasteiger partial charge in [-0.15, -0.1) is 0 Å². The number of amides is 1. The van der Waals surface area contributed by atoms with Crippen molar-refractivity contribution in [1.82, 2.24) is 9.80 Å². The summed E-state index contributed by atoms with van der Waals surface area (Å²) in [4.78, 5) is 19.4. The number of para-hydroxylation sites is 1. The Kier molecular flexibility index (Phi) is 6.35. The Morgan fingerprint density at radius 1 is 1.16 bits per heavy atom. The fraction of sp³-hybridized carbons (Fsp3) is 0.667. The van der Waals surface area contributed by atoms with Crippen molar-refractivity contribution in [2.24, 2.45) is 11.8 Å². The fourth-order valence-corrected chi connectivity index (χ4v) is 4.28. The molecule has 0 N–H and O–H groups in total. The Hall–Kier alpha value is -1.55. The van der Waals surface area contributed by atoms with Gasteiger partial charge in [-0.1, -0.05) is 25.1 Å². The van der Waals surface area contributed by atoms with Gasteiger partial charge in [-0.05, 0) is 49.8 Å². The van der Waals surface area contributed by atoms with E-state index in [1.807, 2.05) is 11.9 Å². The van der Waals surface area contributed by atoms with E-state index in [1.165, 1.54) is 24.9 Å². The molecule has 138 valence electrons. The van der Waals surface area contributed by atoms with Crippen LogP contribution in [0.5, 0.6) is 0 Å². The molecule has 2 aliphatic rings. The number of carbonyl (C=O) groups is 1. The number of hydrogen-bond donors (Lipinski definition) is 0. The summed E-state index contributed by atoms with van der Waals surface area (Å²) in [5.41, 5.74) is 1.30. The second-order valence-electron chi connectivity index (χ2n) is 8.01. The number of nitrogens with zero attached hydrogens (tertiary/aromatic N) is 3. The van der Waals surface area contributed by atoms with Gasteiger partial charge in [0.1, 0.15) is 0 Å². The van der Waals surface area contributed by atoms with E-state index in [1.54, 1.807) is 0 Å². The number of piperidine rings is 1. The predicted octanol–water partition coefficient (Wildman–Crippen LogP) is 3.09. The normalized spacial score (nSPS) is 24.5. The van der Waals surface area contributed by atoms with Crippen LogP contribution in [0.2, 0.25) is 0 Å². The summed E-state index contributed by atoms with van der Waals surface area (Å²) in [7, 11) is 1.98. The molecule has 2 saturated heterocycles. The zero-order valence-corrected chi connectivity index (χ0v) is 15.9. The third kappa shape index (κ3) is 5.21. The predicted molar refractivity (Wildman–Crippen MR) is 104 cm³/mol. The molecular formula is C21H33N3O. The minimum Gasteiger partial charge on any atom is -0.371 e. The highest BCUT2D eigenvalue weighted by atomic mass is 16.2. The molecule has 3 rings (SSSR count). The van der Waals surface area contributed by atoms with Crippen molar-refractivity contribution in [1.29, 1.82) is 0 Å². The summed E-state index contributed by atoms with van der Waals surface area (Å²) in [6.45, 7) is 8.61. The number of benzene rings is 1. The SMILES string of the molecule is C[C@H]1CCCN(CCC(=O)N(C)C[C@@H]2CCN(c3ccccc3)C2)C1. The molecule has 1 aromatic rings. The van der Waals surface area contributed by atoms with Crippen LogP contribution in [-0.2, 0) is 4.79 Å². The third-order valence-corrected chi connectivity index (χ3v) is 5.75. The van der Waals surface area contributed by atoms with Crippen LogP contribution in [0.4, 0.5) is 5.69 Å². The first kappa shape index (κ1) is 18.2. The Balaban J connectivity index is 1.40. The summed E-state index contributed by atoms with van der Waals surface area (Å²) >= 11 is 0. The summed E-state index contributed by atoms with van der Waals surface area (Å²) in [5.74, 6) is 1.67. The maximum atomic E-state index is 12.5. The van der Waals surface area contributed by atoms with E-state index < -0.39 is 0 Å². The lowest BCUT2D eigenvalue weighted by atomic mass is 10.0. The van der Waals surface area contributed by atoms with Crippen LogP contribution >= 0.6 is 0 Å². The average molecular weight is 344 g/mol. The van der Waals surface area contributed by atoms with Gasteiger partial charge >= 0.3 is 0 Å². The molecule has 0 unspecified atom stereocenters. The topological polar surface area (TPSA) is 26.8 Å². The highest BCUT2D eigenvalue weighted by Crippen LogP contribution is 2.24. The minimum atomic E-state index is 0.302. The molecule has 0 bridgehead atoms. The quantitative estimate of drug-likeness (QED) is 0.794. The van der Waals surface area contributed by atoms with Crippen molar-refractivity contribution in [3.8, 4) is 0 Å². The molecule has 0 aliphatic carbocycles. The van der Waals surface area contributed by atoms with Gasteiger partial charge in [0.2, 0.25) is 5.91 Å². The molecule has 0 spiro atoms. The second-order valence-corrected chi connectivity index (χ2v) is 8.01. The number of likely N-dealkylation sites (tertiary alicyclic amines) is 1. The van der Waals surface area contributed by atoms with E-state index in [4.69, 9.17) is 0 Å². The van der Waals surface area contributed by atoms with Gasteiger partial charge in [0.05, 0.1) is 0 Å². The van der Waals surface area contributed by atoms with Gasteiger partial charge in [0.15, 0.2) is 0 Å². The lowest BCUT2D eigenvalue weighted by Gasteiger charge is -2.31. The van der Waals surface area contributed by atoms with Gasteiger partial charge in [-0.3, -0.25) is 4.79 Å². The third-order valence-electron chi connectivity index (χ3n) is 5.75. The highest BCUT2D eigenvalue weighted by molar-refractivity contribution is 5.76. The van der Waals surface area contributed by atoms with E-state index in [2.05, 4.69) is 47.1 Å². The van der Waals surface area contributed by atoms with Gasteiger partial charge in [0.25, 0.3) is 0 Å². The Labute approximate surface area is 152 Å². The first-order chi connectivity index (χ1) is 12.1. The van der Waals surface area contributed by atoms with Crippen molar-refractivity contribution in [2.75, 3.05) is 51.2 Å². The maximum Gasteiger partial charge on any atom is 0.223 e. The molecule has 0 radical (unpaired) electrons. The lowest BCUT2D eigenvalue weighted by Crippen LogP contribution is -2.39. The molecule has 2 aliphatic heterocycles. The molecule has 4 heteroatoms. The van der Waals surface area contributed by atoms with Crippen LogP contribution < -0.4 is 4.90 Å². The summed E-state index contributed by atoms with van der Waals surface area (Å²) in [5, 5.41) is 0. The summed E-state index contributed by atoms with van der Waals surface area (Å²) in [6, 6.07) is 10.6. The molecule has 4 nitrogen and oxygen atoms in total. The van der Waals surface area contributed by atoms with Crippen LogP contribution in [-0.4, -0.2) is 62.0 Å². The van der Waals surface area contributed by atoms with Crippen LogP contribution in [0.1, 0.15) is 32.6 Å². The van der Waals surface area contributed by atoms with Crippen molar-refractivity contribution in [3.63, 3.8) is 0 Å². The van der Waals surface area contributed by atoms with E-state index in [0.29, 0.717) is 18.2 Å². The van der Waals surface area contributed by atoms with Gasteiger partial charge in [-0.25, -0.2) is 0 Å². The van der Waals surface area contributed by atoms with Gasteiger partial charge in [-0.2, -0.15) is 0 Å².